The maximum Gasteiger partial charge on any atom is 0.251 e. The molecule has 2 aromatic heterocycles. The minimum absolute atomic E-state index is 0.185. The van der Waals surface area contributed by atoms with E-state index in [9.17, 15) is 4.79 Å². The average Bonchev–Trinajstić information content (AvgIpc) is 3.21. The van der Waals surface area contributed by atoms with Crippen molar-refractivity contribution < 1.29 is 14.3 Å². The molecule has 22 heavy (non-hydrogen) atoms. The third-order valence-corrected chi connectivity index (χ3v) is 4.12. The van der Waals surface area contributed by atoms with E-state index in [0.717, 1.165) is 10.7 Å². The Morgan fingerprint density at radius 3 is 3.14 bits per heavy atom. The van der Waals surface area contributed by atoms with Crippen molar-refractivity contribution in [3.05, 3.63) is 41.2 Å². The maximum absolute atomic E-state index is 12.3. The zero-order chi connectivity index (χ0) is 15.1. The van der Waals surface area contributed by atoms with Crippen molar-refractivity contribution in [2.75, 3.05) is 6.79 Å². The van der Waals surface area contributed by atoms with Gasteiger partial charge in [0.15, 0.2) is 11.5 Å². The van der Waals surface area contributed by atoms with Crippen LogP contribution in [0.4, 0.5) is 0 Å². The van der Waals surface area contributed by atoms with E-state index in [1.807, 2.05) is 13.1 Å². The number of carbonyl (C=O) groups excluding carboxylic acids is 1. The van der Waals surface area contributed by atoms with Crippen molar-refractivity contribution in [3.63, 3.8) is 0 Å². The highest BCUT2D eigenvalue weighted by molar-refractivity contribution is 7.14. The lowest BCUT2D eigenvalue weighted by atomic mass is 10.1. The molecule has 1 aromatic carbocycles. The van der Waals surface area contributed by atoms with Gasteiger partial charge in [0.25, 0.3) is 5.91 Å². The number of hydrogen-bond donors (Lipinski definition) is 1. The minimum atomic E-state index is -0.216. The summed E-state index contributed by atoms with van der Waals surface area (Å²) in [6.45, 7) is 2.08. The Bertz CT molecular complexity index is 828. The number of rotatable bonds is 3. The first kappa shape index (κ1) is 13.1. The van der Waals surface area contributed by atoms with E-state index in [0.29, 0.717) is 17.1 Å². The van der Waals surface area contributed by atoms with E-state index >= 15 is 0 Å². The standard InChI is InChI=1S/C14H12N4O3S/c1-8(10-5-18-14(17-10)22-6-15-18)16-13(19)9-2-3-11-12(4-9)21-7-20-11/h2-6,8H,7H2,1H3,(H,16,19)/t8-/m1/s1. The van der Waals surface area contributed by atoms with Crippen LogP contribution in [0.1, 0.15) is 29.0 Å². The molecule has 0 fully saturated rings. The van der Waals surface area contributed by atoms with Crippen LogP contribution in [0.3, 0.4) is 0 Å². The summed E-state index contributed by atoms with van der Waals surface area (Å²) in [5.74, 6) is 1.06. The molecule has 1 N–H and O–H groups in total. The molecule has 4 rings (SSSR count). The van der Waals surface area contributed by atoms with Crippen molar-refractivity contribution in [2.24, 2.45) is 0 Å². The lowest BCUT2D eigenvalue weighted by molar-refractivity contribution is 0.0938. The van der Waals surface area contributed by atoms with Crippen LogP contribution >= 0.6 is 11.3 Å². The highest BCUT2D eigenvalue weighted by atomic mass is 32.1. The predicted octanol–water partition coefficient (Wildman–Crippen LogP) is 2.01. The Morgan fingerprint density at radius 2 is 2.27 bits per heavy atom. The summed E-state index contributed by atoms with van der Waals surface area (Å²) < 4.78 is 12.2. The summed E-state index contributed by atoms with van der Waals surface area (Å²) in [6.07, 6.45) is 1.82. The quantitative estimate of drug-likeness (QED) is 0.800. The molecule has 0 aliphatic carbocycles. The zero-order valence-electron chi connectivity index (χ0n) is 11.6. The Hall–Kier alpha value is -2.61. The summed E-state index contributed by atoms with van der Waals surface area (Å²) >= 11 is 1.45. The molecule has 112 valence electrons. The Labute approximate surface area is 129 Å². The minimum Gasteiger partial charge on any atom is -0.454 e. The normalized spacial score (nSPS) is 14.2. The van der Waals surface area contributed by atoms with Crippen LogP contribution in [-0.4, -0.2) is 27.3 Å². The SMILES string of the molecule is C[C@@H](NC(=O)c1ccc2c(c1)OCO2)c1cn2ncsc2n1. The average molecular weight is 316 g/mol. The van der Waals surface area contributed by atoms with Crippen LogP contribution in [0.2, 0.25) is 0 Å². The topological polar surface area (TPSA) is 77.8 Å². The predicted molar refractivity (Wildman–Crippen MR) is 79.3 cm³/mol. The van der Waals surface area contributed by atoms with Crippen molar-refractivity contribution in [1.82, 2.24) is 19.9 Å². The van der Waals surface area contributed by atoms with Crippen LogP contribution in [0.15, 0.2) is 29.9 Å². The highest BCUT2D eigenvalue weighted by Gasteiger charge is 2.19. The maximum atomic E-state index is 12.3. The lowest BCUT2D eigenvalue weighted by Crippen LogP contribution is -2.26. The second kappa shape index (κ2) is 4.99. The van der Waals surface area contributed by atoms with Gasteiger partial charge < -0.3 is 14.8 Å². The number of nitrogens with zero attached hydrogens (tertiary/aromatic N) is 3. The number of hydrogen-bond acceptors (Lipinski definition) is 6. The van der Waals surface area contributed by atoms with E-state index in [-0.39, 0.29) is 18.7 Å². The monoisotopic (exact) mass is 316 g/mol. The number of fused-ring (bicyclic) bond motifs is 2. The smallest absolute Gasteiger partial charge is 0.251 e. The van der Waals surface area contributed by atoms with Gasteiger partial charge in [-0.05, 0) is 25.1 Å². The number of imidazole rings is 1. The van der Waals surface area contributed by atoms with E-state index < -0.39 is 0 Å². The van der Waals surface area contributed by atoms with Gasteiger partial charge in [0.05, 0.1) is 17.9 Å². The van der Waals surface area contributed by atoms with Crippen LogP contribution in [0.5, 0.6) is 11.5 Å². The summed E-state index contributed by atoms with van der Waals surface area (Å²) in [6, 6.07) is 4.91. The third-order valence-electron chi connectivity index (χ3n) is 3.43. The Kier molecular flexibility index (Phi) is 2.97. The number of benzene rings is 1. The van der Waals surface area contributed by atoms with Gasteiger partial charge in [0, 0.05) is 5.56 Å². The van der Waals surface area contributed by atoms with Gasteiger partial charge in [-0.1, -0.05) is 11.3 Å². The van der Waals surface area contributed by atoms with Crippen LogP contribution in [-0.2, 0) is 0 Å². The molecule has 0 saturated heterocycles. The van der Waals surface area contributed by atoms with Gasteiger partial charge in [-0.25, -0.2) is 9.50 Å². The molecule has 3 aromatic rings. The second-order valence-electron chi connectivity index (χ2n) is 4.89. The van der Waals surface area contributed by atoms with Crippen LogP contribution in [0, 0.1) is 0 Å². The van der Waals surface area contributed by atoms with Gasteiger partial charge in [-0.15, -0.1) is 0 Å². The van der Waals surface area contributed by atoms with Gasteiger partial charge in [-0.3, -0.25) is 4.79 Å². The number of ether oxygens (including phenoxy) is 2. The molecule has 1 amide bonds. The van der Waals surface area contributed by atoms with Crippen LogP contribution < -0.4 is 14.8 Å². The third kappa shape index (κ3) is 2.17. The largest absolute Gasteiger partial charge is 0.454 e. The molecular weight excluding hydrogens is 304 g/mol. The van der Waals surface area contributed by atoms with Crippen molar-refractivity contribution in [2.45, 2.75) is 13.0 Å². The molecule has 0 spiro atoms. The molecule has 7 nitrogen and oxygen atoms in total. The van der Waals surface area contributed by atoms with Gasteiger partial charge >= 0.3 is 0 Å². The van der Waals surface area contributed by atoms with Gasteiger partial charge in [0.2, 0.25) is 11.8 Å². The molecule has 0 saturated carbocycles. The molecule has 0 bridgehead atoms. The number of amides is 1. The van der Waals surface area contributed by atoms with Gasteiger partial charge in [-0.2, -0.15) is 5.10 Å². The number of carbonyl (C=O) groups is 1. The molecule has 1 aliphatic heterocycles. The zero-order valence-corrected chi connectivity index (χ0v) is 12.5. The fraction of sp³-hybridized carbons (Fsp3) is 0.214. The second-order valence-corrected chi connectivity index (χ2v) is 5.71. The van der Waals surface area contributed by atoms with Crippen molar-refractivity contribution in [3.8, 4) is 11.5 Å². The van der Waals surface area contributed by atoms with Gasteiger partial charge in [0.1, 0.15) is 5.51 Å². The Balaban J connectivity index is 1.52. The number of nitrogens with one attached hydrogen (secondary N) is 1. The fourth-order valence-corrected chi connectivity index (χ4v) is 2.86. The molecule has 1 aliphatic rings. The molecule has 1 atom stereocenters. The fourth-order valence-electron chi connectivity index (χ4n) is 2.26. The van der Waals surface area contributed by atoms with E-state index in [4.69, 9.17) is 9.47 Å². The number of aromatic nitrogens is 3. The molecular formula is C14H12N4O3S. The first-order valence-electron chi connectivity index (χ1n) is 6.70. The Morgan fingerprint density at radius 1 is 1.41 bits per heavy atom. The molecule has 3 heterocycles. The lowest BCUT2D eigenvalue weighted by Gasteiger charge is -2.11. The molecule has 0 unspecified atom stereocenters. The van der Waals surface area contributed by atoms with Crippen molar-refractivity contribution >= 4 is 22.2 Å². The van der Waals surface area contributed by atoms with E-state index in [1.165, 1.54) is 11.3 Å². The molecule has 0 radical (unpaired) electrons. The summed E-state index contributed by atoms with van der Waals surface area (Å²) in [5.41, 5.74) is 3.02. The van der Waals surface area contributed by atoms with E-state index in [2.05, 4.69) is 15.4 Å². The summed E-state index contributed by atoms with van der Waals surface area (Å²) in [5, 5.41) is 7.05. The first-order chi connectivity index (χ1) is 10.7. The first-order valence-corrected chi connectivity index (χ1v) is 7.58. The van der Waals surface area contributed by atoms with E-state index in [1.54, 1.807) is 28.2 Å². The van der Waals surface area contributed by atoms with Crippen LogP contribution in [0.25, 0.3) is 4.96 Å². The highest BCUT2D eigenvalue weighted by Crippen LogP contribution is 2.32. The summed E-state index contributed by atoms with van der Waals surface area (Å²) in [7, 11) is 0. The molecule has 8 heteroatoms. The van der Waals surface area contributed by atoms with Crippen molar-refractivity contribution in [1.29, 1.82) is 0 Å². The summed E-state index contributed by atoms with van der Waals surface area (Å²) in [4.78, 5) is 17.6.